The maximum Gasteiger partial charge on any atom is 0.230 e. The van der Waals surface area contributed by atoms with Crippen molar-refractivity contribution in [1.29, 1.82) is 0 Å². The van der Waals surface area contributed by atoms with Crippen LogP contribution in [-0.2, 0) is 14.8 Å². The molecule has 0 aliphatic carbocycles. The van der Waals surface area contributed by atoms with Crippen LogP contribution in [0.5, 0.6) is 0 Å². The predicted octanol–water partition coefficient (Wildman–Crippen LogP) is 2.21. The molecule has 1 aliphatic rings. The number of benzene rings is 1. The highest BCUT2D eigenvalue weighted by Crippen LogP contribution is 2.27. The van der Waals surface area contributed by atoms with Gasteiger partial charge in [0.2, 0.25) is 21.1 Å². The van der Waals surface area contributed by atoms with Gasteiger partial charge in [0.15, 0.2) is 0 Å². The molecule has 0 radical (unpaired) electrons. The number of carbonyl (C=O) groups is 1. The van der Waals surface area contributed by atoms with Crippen LogP contribution < -0.4 is 5.32 Å². The lowest BCUT2D eigenvalue weighted by Crippen LogP contribution is -2.44. The number of hydrogen-bond donors (Lipinski definition) is 1. The van der Waals surface area contributed by atoms with Crippen molar-refractivity contribution in [3.8, 4) is 10.6 Å². The van der Waals surface area contributed by atoms with Crippen LogP contribution in [0.15, 0.2) is 30.3 Å². The number of piperidine rings is 1. The fourth-order valence-corrected chi connectivity index (χ4v) is 4.70. The van der Waals surface area contributed by atoms with E-state index in [4.69, 9.17) is 0 Å². The maximum atomic E-state index is 12.5. The van der Waals surface area contributed by atoms with Gasteiger partial charge in [0.1, 0.15) is 5.01 Å². The summed E-state index contributed by atoms with van der Waals surface area (Å²) in [7, 11) is -3.26. The monoisotopic (exact) mass is 380 g/mol. The van der Waals surface area contributed by atoms with Gasteiger partial charge in [0.25, 0.3) is 0 Å². The van der Waals surface area contributed by atoms with Crippen LogP contribution in [0.1, 0.15) is 19.8 Å². The summed E-state index contributed by atoms with van der Waals surface area (Å²) in [5.41, 5.74) is 0.943. The Morgan fingerprint density at radius 3 is 2.80 bits per heavy atom. The van der Waals surface area contributed by atoms with E-state index in [-0.39, 0.29) is 24.1 Å². The molecular weight excluding hydrogens is 360 g/mol. The van der Waals surface area contributed by atoms with E-state index in [1.807, 2.05) is 30.3 Å². The van der Waals surface area contributed by atoms with Crippen LogP contribution >= 0.6 is 11.3 Å². The summed E-state index contributed by atoms with van der Waals surface area (Å²) in [6.07, 6.45) is 1.36. The van der Waals surface area contributed by atoms with Gasteiger partial charge in [-0.2, -0.15) is 0 Å². The minimum Gasteiger partial charge on any atom is -0.300 e. The zero-order valence-electron chi connectivity index (χ0n) is 13.9. The van der Waals surface area contributed by atoms with Crippen molar-refractivity contribution in [2.24, 2.45) is 5.92 Å². The number of carbonyl (C=O) groups excluding carboxylic acids is 1. The number of rotatable bonds is 5. The molecule has 3 rings (SSSR count). The second-order valence-electron chi connectivity index (χ2n) is 5.87. The number of amides is 1. The third-order valence-electron chi connectivity index (χ3n) is 4.19. The first kappa shape index (κ1) is 18.0. The molecule has 1 fully saturated rings. The summed E-state index contributed by atoms with van der Waals surface area (Å²) in [4.78, 5) is 12.5. The van der Waals surface area contributed by atoms with E-state index in [0.717, 1.165) is 10.6 Å². The summed E-state index contributed by atoms with van der Waals surface area (Å²) in [6.45, 7) is 2.33. The number of sulfonamides is 1. The van der Waals surface area contributed by atoms with Crippen molar-refractivity contribution in [3.63, 3.8) is 0 Å². The van der Waals surface area contributed by atoms with Gasteiger partial charge in [0.05, 0.1) is 11.7 Å². The van der Waals surface area contributed by atoms with Crippen molar-refractivity contribution < 1.29 is 13.2 Å². The third-order valence-corrected chi connectivity index (χ3v) is 6.92. The zero-order valence-corrected chi connectivity index (χ0v) is 15.5. The van der Waals surface area contributed by atoms with Crippen LogP contribution in [0.4, 0.5) is 5.13 Å². The minimum atomic E-state index is -3.26. The average Bonchev–Trinajstić information content (AvgIpc) is 3.11. The highest BCUT2D eigenvalue weighted by Gasteiger charge is 2.31. The van der Waals surface area contributed by atoms with Crippen LogP contribution in [0.2, 0.25) is 0 Å². The van der Waals surface area contributed by atoms with Crippen LogP contribution in [0, 0.1) is 5.92 Å². The van der Waals surface area contributed by atoms with Gasteiger partial charge in [-0.15, -0.1) is 10.2 Å². The van der Waals surface area contributed by atoms with Crippen LogP contribution in [-0.4, -0.2) is 47.7 Å². The number of nitrogens with zero attached hydrogens (tertiary/aromatic N) is 3. The molecule has 9 heteroatoms. The zero-order chi connectivity index (χ0) is 17.9. The van der Waals surface area contributed by atoms with Crippen molar-refractivity contribution >= 4 is 32.4 Å². The summed E-state index contributed by atoms with van der Waals surface area (Å²) < 4.78 is 25.4. The number of aromatic nitrogens is 2. The van der Waals surface area contributed by atoms with Crippen molar-refractivity contribution in [3.05, 3.63) is 30.3 Å². The summed E-state index contributed by atoms with van der Waals surface area (Å²) in [5.74, 6) is -0.510. The van der Waals surface area contributed by atoms with E-state index < -0.39 is 10.0 Å². The molecule has 25 heavy (non-hydrogen) atoms. The van der Waals surface area contributed by atoms with E-state index in [2.05, 4.69) is 15.5 Å². The van der Waals surface area contributed by atoms with Crippen molar-refractivity contribution in [2.45, 2.75) is 19.8 Å². The molecule has 1 aliphatic heterocycles. The van der Waals surface area contributed by atoms with Gasteiger partial charge < -0.3 is 5.32 Å². The molecule has 0 spiro atoms. The standard InChI is InChI=1S/C16H20N4O3S2/c1-2-25(22,23)20-10-6-9-13(11-20)14(21)17-16-19-18-15(24-16)12-7-4-3-5-8-12/h3-5,7-8,13H,2,6,9-11H2,1H3,(H,17,19,21)/t13-/m1/s1. The number of anilines is 1. The quantitative estimate of drug-likeness (QED) is 0.858. The Bertz CT molecular complexity index is 836. The molecule has 1 atom stereocenters. The Kier molecular flexibility index (Phi) is 5.45. The van der Waals surface area contributed by atoms with E-state index in [0.29, 0.717) is 24.5 Å². The molecule has 1 saturated heterocycles. The fourth-order valence-electron chi connectivity index (χ4n) is 2.77. The Morgan fingerprint density at radius 1 is 1.32 bits per heavy atom. The smallest absolute Gasteiger partial charge is 0.230 e. The summed E-state index contributed by atoms with van der Waals surface area (Å²) >= 11 is 1.30. The number of hydrogen-bond acceptors (Lipinski definition) is 6. The first-order chi connectivity index (χ1) is 12.0. The van der Waals surface area contributed by atoms with Gasteiger partial charge in [-0.3, -0.25) is 4.79 Å². The minimum absolute atomic E-state index is 0.0537. The highest BCUT2D eigenvalue weighted by molar-refractivity contribution is 7.89. The van der Waals surface area contributed by atoms with E-state index in [1.54, 1.807) is 6.92 Å². The predicted molar refractivity (Wildman–Crippen MR) is 97.7 cm³/mol. The molecule has 1 amide bonds. The second-order valence-corrected chi connectivity index (χ2v) is 9.10. The lowest BCUT2D eigenvalue weighted by Gasteiger charge is -2.30. The lowest BCUT2D eigenvalue weighted by atomic mass is 9.99. The normalized spacial score (nSPS) is 18.8. The maximum absolute atomic E-state index is 12.5. The molecule has 1 aromatic carbocycles. The molecule has 1 aromatic heterocycles. The Hall–Kier alpha value is -1.84. The van der Waals surface area contributed by atoms with E-state index in [9.17, 15) is 13.2 Å². The Balaban J connectivity index is 1.65. The number of nitrogens with one attached hydrogen (secondary N) is 1. The van der Waals surface area contributed by atoms with Crippen LogP contribution in [0.25, 0.3) is 10.6 Å². The first-order valence-corrected chi connectivity index (χ1v) is 10.6. The highest BCUT2D eigenvalue weighted by atomic mass is 32.2. The molecule has 0 bridgehead atoms. The molecular formula is C16H20N4O3S2. The SMILES string of the molecule is CCS(=O)(=O)N1CCC[C@@H](C(=O)Nc2nnc(-c3ccccc3)s2)C1. The van der Waals surface area contributed by atoms with Crippen LogP contribution in [0.3, 0.4) is 0 Å². The van der Waals surface area contributed by atoms with Gasteiger partial charge in [0, 0.05) is 18.7 Å². The fraction of sp³-hybridized carbons (Fsp3) is 0.438. The third kappa shape index (κ3) is 4.23. The molecule has 1 N–H and O–H groups in total. The topological polar surface area (TPSA) is 92.3 Å². The molecule has 0 saturated carbocycles. The second kappa shape index (κ2) is 7.59. The molecule has 134 valence electrons. The summed E-state index contributed by atoms with van der Waals surface area (Å²) in [6, 6.07) is 9.62. The summed E-state index contributed by atoms with van der Waals surface area (Å²) in [5, 5.41) is 12.1. The Morgan fingerprint density at radius 2 is 2.08 bits per heavy atom. The van der Waals surface area contributed by atoms with Crippen molar-refractivity contribution in [2.75, 3.05) is 24.2 Å². The van der Waals surface area contributed by atoms with Gasteiger partial charge in [-0.1, -0.05) is 41.7 Å². The molecule has 0 unspecified atom stereocenters. The van der Waals surface area contributed by atoms with E-state index in [1.165, 1.54) is 15.6 Å². The lowest BCUT2D eigenvalue weighted by molar-refractivity contribution is -0.120. The van der Waals surface area contributed by atoms with Gasteiger partial charge in [-0.25, -0.2) is 12.7 Å². The largest absolute Gasteiger partial charge is 0.300 e. The van der Waals surface area contributed by atoms with E-state index >= 15 is 0 Å². The van der Waals surface area contributed by atoms with Crippen molar-refractivity contribution in [1.82, 2.24) is 14.5 Å². The van der Waals surface area contributed by atoms with Gasteiger partial charge >= 0.3 is 0 Å². The molecule has 2 aromatic rings. The molecule has 7 nitrogen and oxygen atoms in total. The average molecular weight is 380 g/mol. The molecule has 2 heterocycles. The van der Waals surface area contributed by atoms with Gasteiger partial charge in [-0.05, 0) is 19.8 Å². The Labute approximate surface area is 151 Å². The first-order valence-electron chi connectivity index (χ1n) is 8.17.